The van der Waals surface area contributed by atoms with Gasteiger partial charge in [-0.05, 0) is 19.1 Å². The minimum Gasteiger partial charge on any atom is -0.466 e. The summed E-state index contributed by atoms with van der Waals surface area (Å²) in [4.78, 5) is 10.7. The summed E-state index contributed by atoms with van der Waals surface area (Å²) < 4.78 is 17.0. The molecular weight excluding hydrogens is 159 g/mol. The first kappa shape index (κ1) is 10.6. The van der Waals surface area contributed by atoms with Crippen LogP contribution in [0.15, 0.2) is 36.2 Å². The number of halogens is 1. The predicted molar refractivity (Wildman–Crippen MR) is 45.2 cm³/mol. The third kappa shape index (κ3) is 3.71. The quantitative estimate of drug-likeness (QED) is 0.368. The SMILES string of the molecule is C=C/C=C(F)\C=C(/C)C(=O)OC. The fourth-order valence-corrected chi connectivity index (χ4v) is 0.587. The molecule has 0 unspecified atom stereocenters. The van der Waals surface area contributed by atoms with Crippen LogP contribution in [0.5, 0.6) is 0 Å². The number of carbonyl (C=O) groups excluding carboxylic acids is 1. The molecule has 0 N–H and O–H groups in total. The predicted octanol–water partition coefficient (Wildman–Crippen LogP) is 2.15. The first-order valence-corrected chi connectivity index (χ1v) is 3.36. The second-order valence-corrected chi connectivity index (χ2v) is 2.11. The third-order valence-corrected chi connectivity index (χ3v) is 1.14. The highest BCUT2D eigenvalue weighted by Crippen LogP contribution is 2.04. The largest absolute Gasteiger partial charge is 0.466 e. The van der Waals surface area contributed by atoms with Gasteiger partial charge in [0.15, 0.2) is 0 Å². The van der Waals surface area contributed by atoms with Crippen LogP contribution in [0.3, 0.4) is 0 Å². The van der Waals surface area contributed by atoms with Crippen LogP contribution in [0.1, 0.15) is 6.92 Å². The Bertz CT molecular complexity index is 239. The van der Waals surface area contributed by atoms with Crippen LogP contribution in [-0.4, -0.2) is 13.1 Å². The van der Waals surface area contributed by atoms with Crippen LogP contribution >= 0.6 is 0 Å². The molecule has 0 spiro atoms. The molecule has 0 saturated heterocycles. The van der Waals surface area contributed by atoms with Gasteiger partial charge in [0, 0.05) is 5.57 Å². The van der Waals surface area contributed by atoms with Crippen molar-refractivity contribution in [1.82, 2.24) is 0 Å². The molecule has 0 bridgehead atoms. The van der Waals surface area contributed by atoms with Gasteiger partial charge < -0.3 is 4.74 Å². The molecule has 0 rings (SSSR count). The molecular formula is C9H11FO2. The molecule has 0 amide bonds. The van der Waals surface area contributed by atoms with Gasteiger partial charge in [-0.2, -0.15) is 0 Å². The molecule has 0 saturated carbocycles. The van der Waals surface area contributed by atoms with Crippen molar-refractivity contribution in [2.45, 2.75) is 6.92 Å². The first-order valence-electron chi connectivity index (χ1n) is 3.36. The van der Waals surface area contributed by atoms with E-state index in [2.05, 4.69) is 11.3 Å². The molecule has 66 valence electrons. The fraction of sp³-hybridized carbons (Fsp3) is 0.222. The molecule has 0 aliphatic carbocycles. The Morgan fingerprint density at radius 2 is 2.17 bits per heavy atom. The Labute approximate surface area is 71.0 Å². The lowest BCUT2D eigenvalue weighted by atomic mass is 10.2. The van der Waals surface area contributed by atoms with Gasteiger partial charge in [0.25, 0.3) is 0 Å². The maximum absolute atomic E-state index is 12.7. The molecule has 0 aromatic carbocycles. The standard InChI is InChI=1S/C9H11FO2/c1-4-5-8(10)6-7(2)9(11)12-3/h4-6H,1H2,2-3H3/b7-6+,8-5+. The van der Waals surface area contributed by atoms with Gasteiger partial charge in [0.2, 0.25) is 0 Å². The zero-order valence-corrected chi connectivity index (χ0v) is 7.13. The number of carbonyl (C=O) groups is 1. The lowest BCUT2D eigenvalue weighted by Crippen LogP contribution is -2.01. The first-order chi connectivity index (χ1) is 5.61. The van der Waals surface area contributed by atoms with Crippen LogP contribution in [0.4, 0.5) is 4.39 Å². The Kier molecular flexibility index (Phi) is 4.69. The van der Waals surface area contributed by atoms with Crippen molar-refractivity contribution < 1.29 is 13.9 Å². The highest BCUT2D eigenvalue weighted by atomic mass is 19.1. The lowest BCUT2D eigenvalue weighted by Gasteiger charge is -1.96. The second kappa shape index (κ2) is 5.29. The normalized spacial score (nSPS) is 12.6. The molecule has 12 heavy (non-hydrogen) atoms. The summed E-state index contributed by atoms with van der Waals surface area (Å²) in [5, 5.41) is 0. The van der Waals surface area contributed by atoms with Gasteiger partial charge in [-0.15, -0.1) is 0 Å². The maximum atomic E-state index is 12.7. The highest BCUT2D eigenvalue weighted by Gasteiger charge is 2.02. The Hall–Kier alpha value is -1.38. The van der Waals surface area contributed by atoms with E-state index in [4.69, 9.17) is 0 Å². The number of allylic oxidation sites excluding steroid dienone is 4. The van der Waals surface area contributed by atoms with Gasteiger partial charge in [0.05, 0.1) is 7.11 Å². The number of hydrogen-bond acceptors (Lipinski definition) is 2. The number of esters is 1. The van der Waals surface area contributed by atoms with Crippen LogP contribution in [0, 0.1) is 0 Å². The van der Waals surface area contributed by atoms with Crippen LogP contribution in [0.2, 0.25) is 0 Å². The van der Waals surface area contributed by atoms with Gasteiger partial charge in [0.1, 0.15) is 5.83 Å². The summed E-state index contributed by atoms with van der Waals surface area (Å²) in [6.07, 6.45) is 3.55. The number of ether oxygens (including phenoxy) is 1. The summed E-state index contributed by atoms with van der Waals surface area (Å²) in [6, 6.07) is 0. The summed E-state index contributed by atoms with van der Waals surface area (Å²) in [5.41, 5.74) is 0.216. The van der Waals surface area contributed by atoms with Crippen molar-refractivity contribution in [3.8, 4) is 0 Å². The lowest BCUT2D eigenvalue weighted by molar-refractivity contribution is -0.136. The minimum atomic E-state index is -0.539. The third-order valence-electron chi connectivity index (χ3n) is 1.14. The van der Waals surface area contributed by atoms with Gasteiger partial charge in [-0.25, -0.2) is 9.18 Å². The summed E-state index contributed by atoms with van der Waals surface area (Å²) in [7, 11) is 1.24. The van der Waals surface area contributed by atoms with Gasteiger partial charge >= 0.3 is 5.97 Å². The van der Waals surface area contributed by atoms with Crippen LogP contribution < -0.4 is 0 Å². The molecule has 0 aliphatic rings. The van der Waals surface area contributed by atoms with E-state index >= 15 is 0 Å². The monoisotopic (exact) mass is 170 g/mol. The molecule has 0 atom stereocenters. The zero-order chi connectivity index (χ0) is 9.56. The van der Waals surface area contributed by atoms with Crippen LogP contribution in [0.25, 0.3) is 0 Å². The molecule has 0 aromatic rings. The van der Waals surface area contributed by atoms with Crippen LogP contribution in [-0.2, 0) is 9.53 Å². The van der Waals surface area contributed by atoms with Crippen molar-refractivity contribution in [2.75, 3.05) is 7.11 Å². The van der Waals surface area contributed by atoms with Gasteiger partial charge in [-0.3, -0.25) is 0 Å². The summed E-state index contributed by atoms with van der Waals surface area (Å²) in [5.74, 6) is -1.06. The van der Waals surface area contributed by atoms with E-state index in [1.54, 1.807) is 0 Å². The van der Waals surface area contributed by atoms with E-state index < -0.39 is 11.8 Å². The topological polar surface area (TPSA) is 26.3 Å². The molecule has 0 heterocycles. The number of methoxy groups -OCH3 is 1. The fourth-order valence-electron chi connectivity index (χ4n) is 0.587. The average Bonchev–Trinajstić information content (AvgIpc) is 2.03. The van der Waals surface area contributed by atoms with E-state index in [0.29, 0.717) is 0 Å². The van der Waals surface area contributed by atoms with E-state index in [1.807, 2.05) is 0 Å². The van der Waals surface area contributed by atoms with Crippen molar-refractivity contribution in [2.24, 2.45) is 0 Å². The molecule has 0 aliphatic heterocycles. The number of rotatable bonds is 3. The molecule has 0 radical (unpaired) electrons. The molecule has 3 heteroatoms. The van der Waals surface area contributed by atoms with Crippen molar-refractivity contribution in [3.63, 3.8) is 0 Å². The smallest absolute Gasteiger partial charge is 0.333 e. The summed E-state index contributed by atoms with van der Waals surface area (Å²) in [6.45, 7) is 4.79. The Balaban J connectivity index is 4.45. The molecule has 2 nitrogen and oxygen atoms in total. The van der Waals surface area contributed by atoms with Gasteiger partial charge in [-0.1, -0.05) is 12.7 Å². The molecule has 0 fully saturated rings. The maximum Gasteiger partial charge on any atom is 0.333 e. The van der Waals surface area contributed by atoms with E-state index in [-0.39, 0.29) is 5.57 Å². The molecule has 0 aromatic heterocycles. The van der Waals surface area contributed by atoms with E-state index in [1.165, 1.54) is 20.1 Å². The van der Waals surface area contributed by atoms with Crippen molar-refractivity contribution in [1.29, 1.82) is 0 Å². The van der Waals surface area contributed by atoms with Crippen molar-refractivity contribution >= 4 is 5.97 Å². The second-order valence-electron chi connectivity index (χ2n) is 2.11. The Morgan fingerprint density at radius 1 is 1.58 bits per heavy atom. The van der Waals surface area contributed by atoms with E-state index in [0.717, 1.165) is 12.2 Å². The summed E-state index contributed by atoms with van der Waals surface area (Å²) >= 11 is 0. The minimum absolute atomic E-state index is 0.216. The average molecular weight is 170 g/mol. The Morgan fingerprint density at radius 3 is 2.58 bits per heavy atom. The number of hydrogen-bond donors (Lipinski definition) is 0. The van der Waals surface area contributed by atoms with E-state index in [9.17, 15) is 9.18 Å². The zero-order valence-electron chi connectivity index (χ0n) is 7.13. The van der Waals surface area contributed by atoms with Crippen molar-refractivity contribution in [3.05, 3.63) is 36.2 Å². The highest BCUT2D eigenvalue weighted by molar-refractivity contribution is 5.88.